The average molecular weight is 294 g/mol. The molecule has 1 heterocycles. The van der Waals surface area contributed by atoms with Crippen molar-refractivity contribution in [2.45, 2.75) is 26.4 Å². The van der Waals surface area contributed by atoms with E-state index in [1.54, 1.807) is 0 Å². The molecule has 2 unspecified atom stereocenters. The van der Waals surface area contributed by atoms with Gasteiger partial charge in [-0.15, -0.1) is 0 Å². The van der Waals surface area contributed by atoms with Crippen molar-refractivity contribution < 1.29 is 0 Å². The third-order valence-electron chi connectivity index (χ3n) is 4.67. The fourth-order valence-corrected chi connectivity index (χ4v) is 3.66. The summed E-state index contributed by atoms with van der Waals surface area (Å²) in [7, 11) is 0. The van der Waals surface area contributed by atoms with Crippen molar-refractivity contribution in [2.75, 3.05) is 18.4 Å². The Morgan fingerprint density at radius 3 is 2.00 bits per heavy atom. The molecule has 3 rings (SSSR count). The van der Waals surface area contributed by atoms with Gasteiger partial charge in [-0.2, -0.15) is 0 Å². The Bertz CT molecular complexity index is 555. The van der Waals surface area contributed by atoms with E-state index in [4.69, 9.17) is 0 Å². The van der Waals surface area contributed by atoms with E-state index >= 15 is 0 Å². The van der Waals surface area contributed by atoms with Gasteiger partial charge in [-0.25, -0.2) is 0 Å². The van der Waals surface area contributed by atoms with Crippen LogP contribution in [0.4, 0.5) is 5.69 Å². The van der Waals surface area contributed by atoms with Gasteiger partial charge >= 0.3 is 0 Å². The summed E-state index contributed by atoms with van der Waals surface area (Å²) in [5.41, 5.74) is 2.65. The summed E-state index contributed by atoms with van der Waals surface area (Å²) in [5.74, 6) is 1.29. The van der Waals surface area contributed by atoms with Crippen molar-refractivity contribution in [3.63, 3.8) is 0 Å². The average Bonchev–Trinajstić information content (AvgIpc) is 2.53. The first kappa shape index (κ1) is 15.1. The lowest BCUT2D eigenvalue weighted by atomic mass is 9.85. The van der Waals surface area contributed by atoms with E-state index in [1.807, 2.05) is 0 Å². The first-order chi connectivity index (χ1) is 10.7. The van der Waals surface area contributed by atoms with Gasteiger partial charge in [-0.1, -0.05) is 62.4 Å². The molecule has 0 amide bonds. The minimum Gasteiger partial charge on any atom is -0.382 e. The molecule has 2 aromatic carbocycles. The molecular weight excluding hydrogens is 268 g/mol. The number of nitrogens with zero attached hydrogens (tertiary/aromatic N) is 1. The Morgan fingerprint density at radius 1 is 0.864 bits per heavy atom. The predicted molar refractivity (Wildman–Crippen MR) is 93.9 cm³/mol. The summed E-state index contributed by atoms with van der Waals surface area (Å²) in [5, 5.41) is 3.74. The number of rotatable bonds is 4. The van der Waals surface area contributed by atoms with Crippen molar-refractivity contribution in [3.05, 3.63) is 66.2 Å². The van der Waals surface area contributed by atoms with Crippen molar-refractivity contribution in [2.24, 2.45) is 11.8 Å². The molecule has 1 aliphatic rings. The van der Waals surface area contributed by atoms with Crippen LogP contribution in [0.15, 0.2) is 60.7 Å². The molecule has 2 heteroatoms. The largest absolute Gasteiger partial charge is 0.382 e. The minimum atomic E-state index is 0.550. The van der Waals surface area contributed by atoms with Gasteiger partial charge in [-0.05, 0) is 29.5 Å². The van der Waals surface area contributed by atoms with Crippen molar-refractivity contribution in [1.82, 2.24) is 4.90 Å². The Hall–Kier alpha value is -1.80. The molecule has 0 saturated carbocycles. The normalized spacial score (nSPS) is 25.8. The standard InChI is InChI=1S/C20H26N2/c1-16-13-22(15-18-9-5-3-6-10-18)14-17(2)20(16)21-19-11-7-4-8-12-19/h3-12,16-17,20-21H,13-15H2,1-2H3. The topological polar surface area (TPSA) is 15.3 Å². The van der Waals surface area contributed by atoms with E-state index in [1.165, 1.54) is 11.3 Å². The Balaban J connectivity index is 1.61. The smallest absolute Gasteiger partial charge is 0.0342 e. The summed E-state index contributed by atoms with van der Waals surface area (Å²) in [6.07, 6.45) is 0. The Kier molecular flexibility index (Phi) is 4.79. The van der Waals surface area contributed by atoms with Crippen LogP contribution in [0.5, 0.6) is 0 Å². The Morgan fingerprint density at radius 2 is 1.41 bits per heavy atom. The van der Waals surface area contributed by atoms with E-state index in [2.05, 4.69) is 84.7 Å². The highest BCUT2D eigenvalue weighted by atomic mass is 15.2. The third kappa shape index (κ3) is 3.69. The van der Waals surface area contributed by atoms with E-state index in [0.29, 0.717) is 17.9 Å². The molecular formula is C20H26N2. The first-order valence-electron chi connectivity index (χ1n) is 8.30. The van der Waals surface area contributed by atoms with Crippen LogP contribution in [0.3, 0.4) is 0 Å². The summed E-state index contributed by atoms with van der Waals surface area (Å²) in [4.78, 5) is 2.59. The fraction of sp³-hybridized carbons (Fsp3) is 0.400. The molecule has 0 aliphatic carbocycles. The third-order valence-corrected chi connectivity index (χ3v) is 4.67. The fourth-order valence-electron chi connectivity index (χ4n) is 3.66. The number of likely N-dealkylation sites (tertiary alicyclic amines) is 1. The zero-order valence-electron chi connectivity index (χ0n) is 13.6. The highest BCUT2D eigenvalue weighted by Crippen LogP contribution is 2.26. The van der Waals surface area contributed by atoms with E-state index in [0.717, 1.165) is 19.6 Å². The molecule has 0 bridgehead atoms. The second-order valence-electron chi connectivity index (χ2n) is 6.67. The summed E-state index contributed by atoms with van der Waals surface area (Å²) >= 11 is 0. The van der Waals surface area contributed by atoms with Crippen molar-refractivity contribution in [1.29, 1.82) is 0 Å². The molecule has 22 heavy (non-hydrogen) atoms. The van der Waals surface area contributed by atoms with Gasteiger partial charge in [0.05, 0.1) is 0 Å². The van der Waals surface area contributed by atoms with Crippen molar-refractivity contribution >= 4 is 5.69 Å². The molecule has 1 saturated heterocycles. The second kappa shape index (κ2) is 6.97. The zero-order chi connectivity index (χ0) is 15.4. The molecule has 1 aliphatic heterocycles. The number of hydrogen-bond donors (Lipinski definition) is 1. The molecule has 0 radical (unpaired) electrons. The SMILES string of the molecule is CC1CN(Cc2ccccc2)CC(C)C1Nc1ccccc1. The second-order valence-corrected chi connectivity index (χ2v) is 6.67. The monoisotopic (exact) mass is 294 g/mol. The molecule has 2 atom stereocenters. The van der Waals surface area contributed by atoms with Gasteiger partial charge < -0.3 is 5.32 Å². The van der Waals surface area contributed by atoms with Crippen molar-refractivity contribution in [3.8, 4) is 0 Å². The number of anilines is 1. The number of piperidine rings is 1. The number of para-hydroxylation sites is 1. The zero-order valence-corrected chi connectivity index (χ0v) is 13.6. The van der Waals surface area contributed by atoms with Gasteiger partial charge in [0.15, 0.2) is 0 Å². The number of benzene rings is 2. The van der Waals surface area contributed by atoms with Crippen LogP contribution in [0.25, 0.3) is 0 Å². The molecule has 1 N–H and O–H groups in total. The Labute approximate surface area is 134 Å². The van der Waals surface area contributed by atoms with Gasteiger partial charge in [0.2, 0.25) is 0 Å². The van der Waals surface area contributed by atoms with Gasteiger partial charge in [0, 0.05) is 31.4 Å². The van der Waals surface area contributed by atoms with E-state index in [9.17, 15) is 0 Å². The highest BCUT2D eigenvalue weighted by Gasteiger charge is 2.31. The van der Waals surface area contributed by atoms with Gasteiger partial charge in [0.25, 0.3) is 0 Å². The van der Waals surface area contributed by atoms with Gasteiger partial charge in [-0.3, -0.25) is 4.90 Å². The lowest BCUT2D eigenvalue weighted by molar-refractivity contribution is 0.120. The quantitative estimate of drug-likeness (QED) is 0.906. The number of nitrogens with one attached hydrogen (secondary N) is 1. The molecule has 0 spiro atoms. The van der Waals surface area contributed by atoms with E-state index in [-0.39, 0.29) is 0 Å². The predicted octanol–water partition coefficient (Wildman–Crippen LogP) is 4.26. The molecule has 2 aromatic rings. The van der Waals surface area contributed by atoms with E-state index < -0.39 is 0 Å². The van der Waals surface area contributed by atoms with Crippen LogP contribution in [0, 0.1) is 11.8 Å². The number of hydrogen-bond acceptors (Lipinski definition) is 2. The van der Waals surface area contributed by atoms with Crippen LogP contribution < -0.4 is 5.32 Å². The highest BCUT2D eigenvalue weighted by molar-refractivity contribution is 5.43. The lowest BCUT2D eigenvalue weighted by Gasteiger charge is -2.42. The summed E-state index contributed by atoms with van der Waals surface area (Å²) < 4.78 is 0. The maximum absolute atomic E-state index is 3.74. The first-order valence-corrected chi connectivity index (χ1v) is 8.30. The molecule has 0 aromatic heterocycles. The minimum absolute atomic E-state index is 0.550. The van der Waals surface area contributed by atoms with Crippen LogP contribution >= 0.6 is 0 Å². The lowest BCUT2D eigenvalue weighted by Crippen LogP contribution is -2.50. The van der Waals surface area contributed by atoms with Crippen LogP contribution in [0.2, 0.25) is 0 Å². The maximum atomic E-state index is 3.74. The van der Waals surface area contributed by atoms with Crippen LogP contribution in [-0.2, 0) is 6.54 Å². The summed E-state index contributed by atoms with van der Waals surface area (Å²) in [6, 6.07) is 21.9. The molecule has 2 nitrogen and oxygen atoms in total. The molecule has 1 fully saturated rings. The molecule has 116 valence electrons. The maximum Gasteiger partial charge on any atom is 0.0342 e. The van der Waals surface area contributed by atoms with Crippen LogP contribution in [0.1, 0.15) is 19.4 Å². The van der Waals surface area contributed by atoms with Gasteiger partial charge in [0.1, 0.15) is 0 Å². The van der Waals surface area contributed by atoms with Crippen LogP contribution in [-0.4, -0.2) is 24.0 Å². The summed E-state index contributed by atoms with van der Waals surface area (Å²) in [6.45, 7) is 8.11.